The van der Waals surface area contributed by atoms with Gasteiger partial charge in [0.25, 0.3) is 0 Å². The van der Waals surface area contributed by atoms with Crippen LogP contribution < -0.4 is 5.32 Å². The SMILES string of the molecule is CCOC(=O)Nc1nc2c(s1)CN(Cc1ccccc1)CC2. The third-order valence-electron chi connectivity index (χ3n) is 3.54. The summed E-state index contributed by atoms with van der Waals surface area (Å²) < 4.78 is 4.88. The second-order valence-electron chi connectivity index (χ2n) is 5.18. The molecule has 116 valence electrons. The molecule has 0 atom stereocenters. The van der Waals surface area contributed by atoms with Crippen molar-refractivity contribution in [1.82, 2.24) is 9.88 Å². The van der Waals surface area contributed by atoms with E-state index in [1.54, 1.807) is 6.92 Å². The molecule has 0 aliphatic carbocycles. The number of rotatable bonds is 4. The van der Waals surface area contributed by atoms with Crippen molar-refractivity contribution in [2.45, 2.75) is 26.4 Å². The topological polar surface area (TPSA) is 54.5 Å². The number of thiazole rings is 1. The van der Waals surface area contributed by atoms with E-state index in [0.29, 0.717) is 11.7 Å². The quantitative estimate of drug-likeness (QED) is 0.940. The summed E-state index contributed by atoms with van der Waals surface area (Å²) >= 11 is 1.54. The number of nitrogens with zero attached hydrogens (tertiary/aromatic N) is 2. The molecule has 3 rings (SSSR count). The smallest absolute Gasteiger partial charge is 0.413 e. The Hall–Kier alpha value is -1.92. The molecule has 1 aromatic heterocycles. The number of amides is 1. The van der Waals surface area contributed by atoms with Crippen molar-refractivity contribution in [2.24, 2.45) is 0 Å². The highest BCUT2D eigenvalue weighted by molar-refractivity contribution is 7.15. The fourth-order valence-corrected chi connectivity index (χ4v) is 3.57. The lowest BCUT2D eigenvalue weighted by Gasteiger charge is -2.25. The maximum Gasteiger partial charge on any atom is 0.413 e. The lowest BCUT2D eigenvalue weighted by molar-refractivity contribution is 0.168. The van der Waals surface area contributed by atoms with Gasteiger partial charge in [0.2, 0.25) is 0 Å². The van der Waals surface area contributed by atoms with Gasteiger partial charge in [-0.1, -0.05) is 41.7 Å². The Morgan fingerprint density at radius 1 is 1.41 bits per heavy atom. The zero-order chi connectivity index (χ0) is 15.4. The van der Waals surface area contributed by atoms with Gasteiger partial charge in [-0.3, -0.25) is 10.2 Å². The standard InChI is InChI=1S/C16H19N3O2S/c1-2-21-16(20)18-15-17-13-8-9-19(11-14(13)22-15)10-12-6-4-3-5-7-12/h3-7H,2,8-11H2,1H3,(H,17,18,20). The first-order chi connectivity index (χ1) is 10.7. The Balaban J connectivity index is 1.63. The Morgan fingerprint density at radius 3 is 3.00 bits per heavy atom. The van der Waals surface area contributed by atoms with Gasteiger partial charge in [0.15, 0.2) is 5.13 Å². The van der Waals surface area contributed by atoms with Crippen LogP contribution in [-0.2, 0) is 24.2 Å². The number of anilines is 1. The molecular formula is C16H19N3O2S. The molecule has 2 heterocycles. The molecule has 0 fully saturated rings. The van der Waals surface area contributed by atoms with Crippen molar-refractivity contribution in [3.05, 3.63) is 46.5 Å². The molecule has 1 aromatic carbocycles. The van der Waals surface area contributed by atoms with E-state index >= 15 is 0 Å². The lowest BCUT2D eigenvalue weighted by Crippen LogP contribution is -2.29. The first kappa shape index (κ1) is 15.0. The molecule has 1 aliphatic heterocycles. The number of fused-ring (bicyclic) bond motifs is 1. The highest BCUT2D eigenvalue weighted by atomic mass is 32.1. The van der Waals surface area contributed by atoms with Crippen molar-refractivity contribution in [1.29, 1.82) is 0 Å². The largest absolute Gasteiger partial charge is 0.450 e. The Bertz CT molecular complexity index is 642. The van der Waals surface area contributed by atoms with E-state index in [1.807, 2.05) is 6.07 Å². The molecule has 1 aliphatic rings. The van der Waals surface area contributed by atoms with Gasteiger partial charge in [0, 0.05) is 30.9 Å². The van der Waals surface area contributed by atoms with E-state index in [-0.39, 0.29) is 0 Å². The zero-order valence-corrected chi connectivity index (χ0v) is 13.4. The zero-order valence-electron chi connectivity index (χ0n) is 12.5. The summed E-state index contributed by atoms with van der Waals surface area (Å²) in [6.07, 6.45) is 0.484. The molecule has 2 aromatic rings. The molecule has 1 amide bonds. The van der Waals surface area contributed by atoms with Crippen LogP contribution in [-0.4, -0.2) is 29.1 Å². The summed E-state index contributed by atoms with van der Waals surface area (Å²) in [4.78, 5) is 19.6. The first-order valence-corrected chi connectivity index (χ1v) is 8.25. The van der Waals surface area contributed by atoms with Crippen LogP contribution in [0, 0.1) is 0 Å². The van der Waals surface area contributed by atoms with Gasteiger partial charge in [-0.25, -0.2) is 9.78 Å². The van der Waals surface area contributed by atoms with E-state index in [0.717, 1.165) is 31.7 Å². The van der Waals surface area contributed by atoms with Gasteiger partial charge in [-0.15, -0.1) is 0 Å². The maximum atomic E-state index is 11.5. The molecule has 0 spiro atoms. The Kier molecular flexibility index (Phi) is 4.70. The predicted molar refractivity (Wildman–Crippen MR) is 87.0 cm³/mol. The van der Waals surface area contributed by atoms with E-state index in [9.17, 15) is 4.79 Å². The van der Waals surface area contributed by atoms with Crippen LogP contribution in [0.1, 0.15) is 23.1 Å². The molecule has 6 heteroatoms. The van der Waals surface area contributed by atoms with Crippen molar-refractivity contribution >= 4 is 22.6 Å². The average molecular weight is 317 g/mol. The van der Waals surface area contributed by atoms with Crippen LogP contribution >= 0.6 is 11.3 Å². The van der Waals surface area contributed by atoms with Crippen LogP contribution in [0.25, 0.3) is 0 Å². The van der Waals surface area contributed by atoms with Crippen LogP contribution in [0.2, 0.25) is 0 Å². The molecule has 0 radical (unpaired) electrons. The molecule has 22 heavy (non-hydrogen) atoms. The molecule has 0 bridgehead atoms. The number of aromatic nitrogens is 1. The summed E-state index contributed by atoms with van der Waals surface area (Å²) in [5.74, 6) is 0. The van der Waals surface area contributed by atoms with Crippen LogP contribution in [0.4, 0.5) is 9.93 Å². The normalized spacial score (nSPS) is 14.4. The van der Waals surface area contributed by atoms with Gasteiger partial charge in [-0.2, -0.15) is 0 Å². The fraction of sp³-hybridized carbons (Fsp3) is 0.375. The molecule has 0 saturated carbocycles. The number of ether oxygens (including phenoxy) is 1. The molecule has 0 unspecified atom stereocenters. The number of hydrogen-bond donors (Lipinski definition) is 1. The highest BCUT2D eigenvalue weighted by Crippen LogP contribution is 2.29. The van der Waals surface area contributed by atoms with Crippen LogP contribution in [0.5, 0.6) is 0 Å². The molecule has 5 nitrogen and oxygen atoms in total. The van der Waals surface area contributed by atoms with Crippen LogP contribution in [0.3, 0.4) is 0 Å². The van der Waals surface area contributed by atoms with Crippen molar-refractivity contribution in [3.8, 4) is 0 Å². The van der Waals surface area contributed by atoms with Crippen molar-refractivity contribution in [3.63, 3.8) is 0 Å². The number of benzene rings is 1. The third-order valence-corrected chi connectivity index (χ3v) is 4.54. The Morgan fingerprint density at radius 2 is 2.23 bits per heavy atom. The van der Waals surface area contributed by atoms with E-state index in [1.165, 1.54) is 21.8 Å². The number of hydrogen-bond acceptors (Lipinski definition) is 5. The van der Waals surface area contributed by atoms with Gasteiger partial charge in [0.05, 0.1) is 12.3 Å². The van der Waals surface area contributed by atoms with Crippen LogP contribution in [0.15, 0.2) is 30.3 Å². The average Bonchev–Trinajstić information content (AvgIpc) is 2.90. The van der Waals surface area contributed by atoms with E-state index in [4.69, 9.17) is 4.74 Å². The molecule has 1 N–H and O–H groups in total. The summed E-state index contributed by atoms with van der Waals surface area (Å²) in [6, 6.07) is 10.5. The summed E-state index contributed by atoms with van der Waals surface area (Å²) in [7, 11) is 0. The Labute approximate surface area is 133 Å². The minimum Gasteiger partial charge on any atom is -0.450 e. The van der Waals surface area contributed by atoms with Gasteiger partial charge in [-0.05, 0) is 12.5 Å². The van der Waals surface area contributed by atoms with E-state index < -0.39 is 6.09 Å². The summed E-state index contributed by atoms with van der Waals surface area (Å²) in [5, 5.41) is 3.32. The third kappa shape index (κ3) is 3.64. The minimum atomic E-state index is -0.435. The number of nitrogens with one attached hydrogen (secondary N) is 1. The van der Waals surface area contributed by atoms with Gasteiger partial charge >= 0.3 is 6.09 Å². The van der Waals surface area contributed by atoms with Gasteiger partial charge in [0.1, 0.15) is 0 Å². The first-order valence-electron chi connectivity index (χ1n) is 7.43. The van der Waals surface area contributed by atoms with Gasteiger partial charge < -0.3 is 4.74 Å². The second kappa shape index (κ2) is 6.89. The predicted octanol–water partition coefficient (Wildman–Crippen LogP) is 3.27. The lowest BCUT2D eigenvalue weighted by atomic mass is 10.1. The number of carbonyl (C=O) groups is 1. The summed E-state index contributed by atoms with van der Waals surface area (Å²) in [6.45, 7) is 4.96. The molecule has 0 saturated heterocycles. The minimum absolute atomic E-state index is 0.363. The van der Waals surface area contributed by atoms with Crippen molar-refractivity contribution in [2.75, 3.05) is 18.5 Å². The van der Waals surface area contributed by atoms with Crippen molar-refractivity contribution < 1.29 is 9.53 Å². The molecular weight excluding hydrogens is 298 g/mol. The highest BCUT2D eigenvalue weighted by Gasteiger charge is 2.21. The summed E-state index contributed by atoms with van der Waals surface area (Å²) in [5.41, 5.74) is 2.42. The number of carbonyl (C=O) groups excluding carboxylic acids is 1. The monoisotopic (exact) mass is 317 g/mol. The fourth-order valence-electron chi connectivity index (χ4n) is 2.53. The maximum absolute atomic E-state index is 11.5. The second-order valence-corrected chi connectivity index (χ2v) is 6.26. The van der Waals surface area contributed by atoms with E-state index in [2.05, 4.69) is 39.5 Å².